The fourth-order valence-electron chi connectivity index (χ4n) is 0.673. The number of ether oxygens (including phenoxy) is 4. The van der Waals surface area contributed by atoms with Crippen molar-refractivity contribution in [1.82, 2.24) is 0 Å². The van der Waals surface area contributed by atoms with Crippen LogP contribution in [0.2, 0.25) is 0 Å². The van der Waals surface area contributed by atoms with Crippen LogP contribution in [-0.4, -0.2) is 51.3 Å². The summed E-state index contributed by atoms with van der Waals surface area (Å²) in [6.45, 7) is -1.22. The second kappa shape index (κ2) is 9.48. The van der Waals surface area contributed by atoms with Crippen molar-refractivity contribution in [3.8, 4) is 0 Å². The minimum atomic E-state index is -0.989. The van der Waals surface area contributed by atoms with Crippen LogP contribution in [0.1, 0.15) is 0 Å². The van der Waals surface area contributed by atoms with E-state index in [1.165, 1.54) is 0 Å². The second-order valence-corrected chi connectivity index (χ2v) is 4.52. The van der Waals surface area contributed by atoms with E-state index in [1.54, 1.807) is 0 Å². The van der Waals surface area contributed by atoms with Gasteiger partial charge in [0, 0.05) is 0 Å². The van der Waals surface area contributed by atoms with Gasteiger partial charge < -0.3 is 18.9 Å². The molecule has 0 aromatic heterocycles. The monoisotopic (exact) mass is 416 g/mol. The van der Waals surface area contributed by atoms with Crippen molar-refractivity contribution < 1.29 is 38.1 Å². The van der Waals surface area contributed by atoms with E-state index in [1.807, 2.05) is 0 Å². The Bertz CT molecular complexity index is 403. The van der Waals surface area contributed by atoms with Crippen molar-refractivity contribution in [2.24, 2.45) is 0 Å². The van der Waals surface area contributed by atoms with E-state index in [0.717, 1.165) is 14.2 Å². The Labute approximate surface area is 130 Å². The molecule has 0 spiro atoms. The molecule has 0 atom stereocenters. The van der Waals surface area contributed by atoms with Gasteiger partial charge in [0.25, 0.3) is 0 Å². The summed E-state index contributed by atoms with van der Waals surface area (Å²) in [5.74, 6) is -3.50. The highest BCUT2D eigenvalue weighted by atomic mass is 79.9. The molecule has 0 aliphatic rings. The average molecular weight is 418 g/mol. The molecule has 112 valence electrons. The van der Waals surface area contributed by atoms with E-state index in [4.69, 9.17) is 0 Å². The summed E-state index contributed by atoms with van der Waals surface area (Å²) in [5, 5.41) is 0. The summed E-state index contributed by atoms with van der Waals surface area (Å²) >= 11 is 5.59. The third kappa shape index (κ3) is 6.66. The Morgan fingerprint density at radius 1 is 0.750 bits per heavy atom. The van der Waals surface area contributed by atoms with E-state index in [-0.39, 0.29) is 8.96 Å². The highest BCUT2D eigenvalue weighted by Crippen LogP contribution is 2.20. The maximum absolute atomic E-state index is 11.4. The van der Waals surface area contributed by atoms with Crippen molar-refractivity contribution in [3.63, 3.8) is 0 Å². The molecule has 0 unspecified atom stereocenters. The van der Waals surface area contributed by atoms with Gasteiger partial charge in [-0.1, -0.05) is 0 Å². The summed E-state index contributed by atoms with van der Waals surface area (Å²) in [6.07, 6.45) is 0. The van der Waals surface area contributed by atoms with Gasteiger partial charge in [-0.2, -0.15) is 0 Å². The summed E-state index contributed by atoms with van der Waals surface area (Å²) in [7, 11) is 2.25. The normalized spacial score (nSPS) is 11.0. The number of hydrogen-bond donors (Lipinski definition) is 0. The van der Waals surface area contributed by atoms with Crippen LogP contribution in [0.5, 0.6) is 0 Å². The van der Waals surface area contributed by atoms with Gasteiger partial charge in [-0.15, -0.1) is 0 Å². The number of methoxy groups -OCH3 is 2. The molecule has 20 heavy (non-hydrogen) atoms. The average Bonchev–Trinajstić information content (AvgIpc) is 2.47. The minimum absolute atomic E-state index is 0.309. The van der Waals surface area contributed by atoms with Crippen molar-refractivity contribution in [2.75, 3.05) is 27.4 Å². The molecule has 0 saturated carbocycles. The van der Waals surface area contributed by atoms with Crippen LogP contribution in [0.4, 0.5) is 0 Å². The zero-order valence-corrected chi connectivity index (χ0v) is 13.6. The number of carbonyl (C=O) groups excluding carboxylic acids is 4. The first-order valence-electron chi connectivity index (χ1n) is 4.86. The number of halogens is 2. The predicted octanol–water partition coefficient (Wildman–Crippen LogP) is 0.420. The van der Waals surface area contributed by atoms with Gasteiger partial charge in [-0.25, -0.2) is 19.2 Å². The fraction of sp³-hybridized carbons (Fsp3) is 0.400. The van der Waals surface area contributed by atoms with Crippen LogP contribution in [0.15, 0.2) is 8.96 Å². The van der Waals surface area contributed by atoms with Gasteiger partial charge in [0.2, 0.25) is 0 Å². The number of carbonyl (C=O) groups is 4. The lowest BCUT2D eigenvalue weighted by atomic mass is 10.5. The molecule has 0 aliphatic carbocycles. The zero-order valence-electron chi connectivity index (χ0n) is 10.4. The highest BCUT2D eigenvalue weighted by Gasteiger charge is 2.21. The summed E-state index contributed by atoms with van der Waals surface area (Å²) in [4.78, 5) is 44.4. The first-order valence-corrected chi connectivity index (χ1v) is 6.45. The van der Waals surface area contributed by atoms with Crippen molar-refractivity contribution >= 4 is 55.7 Å². The molecule has 0 bridgehead atoms. The molecule has 0 amide bonds. The Morgan fingerprint density at radius 2 is 1.05 bits per heavy atom. The van der Waals surface area contributed by atoms with Gasteiger partial charge in [0.1, 0.15) is 8.96 Å². The third-order valence-electron chi connectivity index (χ3n) is 1.65. The van der Waals surface area contributed by atoms with Gasteiger partial charge in [-0.3, -0.25) is 0 Å². The largest absolute Gasteiger partial charge is 0.466 e. The molecule has 10 heteroatoms. The first kappa shape index (κ1) is 18.6. The van der Waals surface area contributed by atoms with Crippen molar-refractivity contribution in [1.29, 1.82) is 0 Å². The lowest BCUT2D eigenvalue weighted by Gasteiger charge is -2.05. The molecule has 0 aromatic rings. The highest BCUT2D eigenvalue weighted by molar-refractivity contribution is 9.14. The van der Waals surface area contributed by atoms with Crippen molar-refractivity contribution in [3.05, 3.63) is 8.96 Å². The van der Waals surface area contributed by atoms with Crippen LogP contribution in [-0.2, 0) is 38.1 Å². The molecule has 0 aliphatic heterocycles. The molecular weight excluding hydrogens is 408 g/mol. The van der Waals surface area contributed by atoms with E-state index in [9.17, 15) is 19.2 Å². The summed E-state index contributed by atoms with van der Waals surface area (Å²) in [5.41, 5.74) is 0. The van der Waals surface area contributed by atoms with Crippen molar-refractivity contribution in [2.45, 2.75) is 0 Å². The number of rotatable bonds is 6. The molecule has 0 aromatic carbocycles. The van der Waals surface area contributed by atoms with Crippen LogP contribution in [0.25, 0.3) is 0 Å². The molecule has 0 saturated heterocycles. The second-order valence-electron chi connectivity index (χ2n) is 2.93. The van der Waals surface area contributed by atoms with E-state index in [0.29, 0.717) is 0 Å². The Hall–Kier alpha value is -1.42. The number of hydrogen-bond acceptors (Lipinski definition) is 8. The minimum Gasteiger partial charge on any atom is -0.466 e. The predicted molar refractivity (Wildman–Crippen MR) is 70.8 cm³/mol. The maximum Gasteiger partial charge on any atom is 0.347 e. The summed E-state index contributed by atoms with van der Waals surface area (Å²) < 4.78 is 17.0. The Balaban J connectivity index is 4.55. The van der Waals surface area contributed by atoms with Crippen LogP contribution < -0.4 is 0 Å². The molecule has 0 radical (unpaired) electrons. The van der Waals surface area contributed by atoms with E-state index in [2.05, 4.69) is 50.8 Å². The topological polar surface area (TPSA) is 105 Å². The Kier molecular flexibility index (Phi) is 8.81. The lowest BCUT2D eigenvalue weighted by molar-refractivity contribution is -0.155. The SMILES string of the molecule is COC(=O)COC(=O)/C(Br)=C(\Br)C(=O)OCC(=O)OC. The molecule has 0 N–H and O–H groups in total. The van der Waals surface area contributed by atoms with Crippen LogP contribution in [0, 0.1) is 0 Å². The lowest BCUT2D eigenvalue weighted by Crippen LogP contribution is -2.18. The van der Waals surface area contributed by atoms with E-state index < -0.39 is 37.1 Å². The van der Waals surface area contributed by atoms with Gasteiger partial charge in [0.05, 0.1) is 14.2 Å². The molecule has 8 nitrogen and oxygen atoms in total. The summed E-state index contributed by atoms with van der Waals surface area (Å²) in [6, 6.07) is 0. The van der Waals surface area contributed by atoms with E-state index >= 15 is 0 Å². The van der Waals surface area contributed by atoms with Gasteiger partial charge in [-0.05, 0) is 31.9 Å². The van der Waals surface area contributed by atoms with Crippen LogP contribution >= 0.6 is 31.9 Å². The van der Waals surface area contributed by atoms with Crippen LogP contribution in [0.3, 0.4) is 0 Å². The fourth-order valence-corrected chi connectivity index (χ4v) is 1.23. The quantitative estimate of drug-likeness (QED) is 0.348. The van der Waals surface area contributed by atoms with Gasteiger partial charge in [0.15, 0.2) is 13.2 Å². The Morgan fingerprint density at radius 3 is 1.30 bits per heavy atom. The number of esters is 4. The first-order chi connectivity index (χ1) is 9.33. The smallest absolute Gasteiger partial charge is 0.347 e. The molecule has 0 fully saturated rings. The molecule has 0 rings (SSSR count). The maximum atomic E-state index is 11.4. The zero-order chi connectivity index (χ0) is 15.7. The molecular formula is C10H10Br2O8. The third-order valence-corrected chi connectivity index (χ3v) is 3.62. The standard InChI is InChI=1S/C10H10Br2O8/c1-17-5(13)3-19-9(15)7(11)8(12)10(16)20-4-6(14)18-2/h3-4H2,1-2H3/b8-7+. The molecule has 0 heterocycles. The van der Waals surface area contributed by atoms with Gasteiger partial charge >= 0.3 is 23.9 Å².